The third-order valence-electron chi connectivity index (χ3n) is 4.98. The monoisotopic (exact) mass is 487 g/mol. The van der Waals surface area contributed by atoms with Gasteiger partial charge in [-0.3, -0.25) is 14.4 Å². The number of nitrogens with one attached hydrogen (secondary N) is 2. The van der Waals surface area contributed by atoms with Crippen LogP contribution in [-0.4, -0.2) is 60.6 Å². The summed E-state index contributed by atoms with van der Waals surface area (Å²) in [7, 11) is 1.22. The predicted octanol–water partition coefficient (Wildman–Crippen LogP) is 2.93. The SMILES string of the molecule is C#Cc1ccc(C(C(=O)NCC(=O)OC)N(CCCCC)C(=O)C(C)NC(=O)OC(C)(C)C)cc1. The van der Waals surface area contributed by atoms with Gasteiger partial charge in [-0.05, 0) is 51.8 Å². The van der Waals surface area contributed by atoms with Crippen molar-refractivity contribution < 1.29 is 28.7 Å². The number of hydrogen-bond donors (Lipinski definition) is 2. The molecule has 1 rings (SSSR count). The topological polar surface area (TPSA) is 114 Å². The van der Waals surface area contributed by atoms with Gasteiger partial charge in [-0.1, -0.05) is 37.8 Å². The largest absolute Gasteiger partial charge is 0.468 e. The summed E-state index contributed by atoms with van der Waals surface area (Å²) in [5.74, 6) is 0.873. The van der Waals surface area contributed by atoms with Crippen LogP contribution in [0.5, 0.6) is 0 Å². The second-order valence-corrected chi connectivity index (χ2v) is 9.07. The molecule has 0 heterocycles. The van der Waals surface area contributed by atoms with E-state index in [1.54, 1.807) is 45.0 Å². The van der Waals surface area contributed by atoms with E-state index in [-0.39, 0.29) is 13.1 Å². The van der Waals surface area contributed by atoms with Crippen LogP contribution in [0.4, 0.5) is 4.79 Å². The van der Waals surface area contributed by atoms with Crippen LogP contribution >= 0.6 is 0 Å². The van der Waals surface area contributed by atoms with Crippen LogP contribution in [0, 0.1) is 12.3 Å². The second kappa shape index (κ2) is 14.0. The maximum Gasteiger partial charge on any atom is 0.408 e. The smallest absolute Gasteiger partial charge is 0.408 e. The lowest BCUT2D eigenvalue weighted by atomic mass is 10.0. The minimum Gasteiger partial charge on any atom is -0.468 e. The van der Waals surface area contributed by atoms with Crippen LogP contribution in [0.3, 0.4) is 0 Å². The summed E-state index contributed by atoms with van der Waals surface area (Å²) in [4.78, 5) is 52.1. The van der Waals surface area contributed by atoms with Crippen LogP contribution in [0.15, 0.2) is 24.3 Å². The number of carbonyl (C=O) groups excluding carboxylic acids is 4. The molecular weight excluding hydrogens is 450 g/mol. The summed E-state index contributed by atoms with van der Waals surface area (Å²) < 4.78 is 9.87. The first kappa shape index (κ1) is 29.5. The van der Waals surface area contributed by atoms with E-state index in [0.717, 1.165) is 12.8 Å². The Morgan fingerprint density at radius 2 is 1.74 bits per heavy atom. The fourth-order valence-corrected chi connectivity index (χ4v) is 3.26. The molecule has 1 aromatic carbocycles. The third-order valence-corrected chi connectivity index (χ3v) is 4.98. The zero-order chi connectivity index (χ0) is 26.6. The zero-order valence-electron chi connectivity index (χ0n) is 21.5. The van der Waals surface area contributed by atoms with E-state index in [1.807, 2.05) is 6.92 Å². The first-order valence-electron chi connectivity index (χ1n) is 11.6. The maximum absolute atomic E-state index is 13.5. The summed E-state index contributed by atoms with van der Waals surface area (Å²) >= 11 is 0. The van der Waals surface area contributed by atoms with Crippen molar-refractivity contribution in [3.8, 4) is 12.3 Å². The number of terminal acetylenes is 1. The number of nitrogens with zero attached hydrogens (tertiary/aromatic N) is 1. The van der Waals surface area contributed by atoms with E-state index in [9.17, 15) is 19.2 Å². The minimum absolute atomic E-state index is 0.264. The van der Waals surface area contributed by atoms with Gasteiger partial charge in [0.25, 0.3) is 0 Å². The number of methoxy groups -OCH3 is 1. The first-order valence-corrected chi connectivity index (χ1v) is 11.6. The lowest BCUT2D eigenvalue weighted by molar-refractivity contribution is -0.144. The number of carbonyl (C=O) groups is 4. The van der Waals surface area contributed by atoms with Crippen LogP contribution < -0.4 is 10.6 Å². The number of benzene rings is 1. The van der Waals surface area contributed by atoms with Gasteiger partial charge in [0.15, 0.2) is 0 Å². The van der Waals surface area contributed by atoms with Gasteiger partial charge in [0, 0.05) is 12.1 Å². The summed E-state index contributed by atoms with van der Waals surface area (Å²) in [6.07, 6.45) is 7.10. The quantitative estimate of drug-likeness (QED) is 0.282. The van der Waals surface area contributed by atoms with Gasteiger partial charge in [-0.15, -0.1) is 6.42 Å². The number of unbranched alkanes of at least 4 members (excludes halogenated alkanes) is 2. The molecule has 1 aromatic rings. The van der Waals surface area contributed by atoms with Gasteiger partial charge in [0.1, 0.15) is 24.2 Å². The van der Waals surface area contributed by atoms with Gasteiger partial charge < -0.3 is 25.0 Å². The molecule has 0 aliphatic rings. The molecule has 0 bridgehead atoms. The number of hydrogen-bond acceptors (Lipinski definition) is 6. The number of amides is 3. The van der Waals surface area contributed by atoms with Crippen molar-refractivity contribution >= 4 is 23.9 Å². The molecular formula is C26H37N3O6. The zero-order valence-corrected chi connectivity index (χ0v) is 21.5. The number of ether oxygens (including phenoxy) is 2. The van der Waals surface area contributed by atoms with Crippen molar-refractivity contribution in [2.24, 2.45) is 0 Å². The van der Waals surface area contributed by atoms with Crippen LogP contribution in [0.25, 0.3) is 0 Å². The Morgan fingerprint density at radius 3 is 2.26 bits per heavy atom. The van der Waals surface area contributed by atoms with Gasteiger partial charge in [-0.2, -0.15) is 0 Å². The highest BCUT2D eigenvalue weighted by Crippen LogP contribution is 2.24. The molecule has 3 amide bonds. The molecule has 0 saturated heterocycles. The fourth-order valence-electron chi connectivity index (χ4n) is 3.26. The van der Waals surface area contributed by atoms with Gasteiger partial charge >= 0.3 is 12.1 Å². The normalized spacial score (nSPS) is 12.5. The molecule has 35 heavy (non-hydrogen) atoms. The molecule has 192 valence electrons. The summed E-state index contributed by atoms with van der Waals surface area (Å²) in [6, 6.07) is 4.67. The summed E-state index contributed by atoms with van der Waals surface area (Å²) in [5.41, 5.74) is 0.398. The van der Waals surface area contributed by atoms with E-state index < -0.39 is 41.6 Å². The fraction of sp³-hybridized carbons (Fsp3) is 0.538. The molecule has 0 aromatic heterocycles. The Morgan fingerprint density at radius 1 is 1.11 bits per heavy atom. The molecule has 9 nitrogen and oxygen atoms in total. The molecule has 0 radical (unpaired) electrons. The highest BCUT2D eigenvalue weighted by Gasteiger charge is 2.34. The number of alkyl carbamates (subject to hydrolysis) is 1. The van der Waals surface area contributed by atoms with Crippen LogP contribution in [0.2, 0.25) is 0 Å². The Labute approximate surface area is 207 Å². The van der Waals surface area contributed by atoms with E-state index in [0.29, 0.717) is 17.5 Å². The molecule has 0 aliphatic heterocycles. The number of esters is 1. The Balaban J connectivity index is 3.32. The lowest BCUT2D eigenvalue weighted by Crippen LogP contribution is -2.52. The maximum atomic E-state index is 13.5. The Kier molecular flexibility index (Phi) is 11.8. The molecule has 9 heteroatoms. The van der Waals surface area contributed by atoms with Crippen molar-refractivity contribution in [1.29, 1.82) is 0 Å². The molecule has 2 unspecified atom stereocenters. The number of rotatable bonds is 11. The molecule has 2 N–H and O–H groups in total. The van der Waals surface area contributed by atoms with Crippen LogP contribution in [-0.2, 0) is 23.9 Å². The summed E-state index contributed by atoms with van der Waals surface area (Å²) in [6.45, 7) is 8.63. The average molecular weight is 488 g/mol. The van der Waals surface area contributed by atoms with Crippen molar-refractivity contribution in [1.82, 2.24) is 15.5 Å². The average Bonchev–Trinajstić information content (AvgIpc) is 2.80. The minimum atomic E-state index is -1.06. The van der Waals surface area contributed by atoms with Crippen molar-refractivity contribution in [2.75, 3.05) is 20.2 Å². The van der Waals surface area contributed by atoms with Crippen molar-refractivity contribution in [2.45, 2.75) is 71.6 Å². The molecule has 0 aliphatic carbocycles. The van der Waals surface area contributed by atoms with Gasteiger partial charge in [0.05, 0.1) is 7.11 Å². The van der Waals surface area contributed by atoms with Crippen molar-refractivity contribution in [3.63, 3.8) is 0 Å². The highest BCUT2D eigenvalue weighted by molar-refractivity contribution is 5.93. The molecule has 0 spiro atoms. The van der Waals surface area contributed by atoms with Gasteiger partial charge in [0.2, 0.25) is 11.8 Å². The van der Waals surface area contributed by atoms with Crippen LogP contribution in [0.1, 0.15) is 71.0 Å². The Hall–Kier alpha value is -3.54. The van der Waals surface area contributed by atoms with Gasteiger partial charge in [-0.25, -0.2) is 4.79 Å². The van der Waals surface area contributed by atoms with Crippen molar-refractivity contribution in [3.05, 3.63) is 35.4 Å². The second-order valence-electron chi connectivity index (χ2n) is 9.07. The Bertz CT molecular complexity index is 915. The lowest BCUT2D eigenvalue weighted by Gasteiger charge is -2.33. The highest BCUT2D eigenvalue weighted by atomic mass is 16.6. The predicted molar refractivity (Wildman–Crippen MR) is 132 cm³/mol. The van der Waals surface area contributed by atoms with E-state index in [2.05, 4.69) is 21.3 Å². The standard InChI is InChI=1S/C26H37N3O6/c1-8-10-11-16-29(24(32)18(3)28-25(33)35-26(4,5)6)22(23(31)27-17-21(30)34-7)20-14-12-19(9-2)13-15-20/h2,12-15,18,22H,8,10-11,16-17H2,1,3-7H3,(H,27,31)(H,28,33). The molecule has 2 atom stereocenters. The molecule has 0 fully saturated rings. The summed E-state index contributed by atoms with van der Waals surface area (Å²) in [5, 5.41) is 5.08. The van der Waals surface area contributed by atoms with E-state index >= 15 is 0 Å². The first-order chi connectivity index (χ1) is 16.4. The van der Waals surface area contributed by atoms with E-state index in [1.165, 1.54) is 18.9 Å². The third kappa shape index (κ3) is 10.1. The molecule has 0 saturated carbocycles. The van der Waals surface area contributed by atoms with E-state index in [4.69, 9.17) is 11.2 Å².